The average molecular weight is 543 g/mol. The Balaban J connectivity index is 1.10. The van der Waals surface area contributed by atoms with Gasteiger partial charge in [-0.3, -0.25) is 0 Å². The fraction of sp³-hybridized carbons (Fsp3) is 0.917. The highest BCUT2D eigenvalue weighted by atomic mass is 16.5. The van der Waals surface area contributed by atoms with Gasteiger partial charge in [0.25, 0.3) is 0 Å². The molecule has 0 aromatic heterocycles. The van der Waals surface area contributed by atoms with Gasteiger partial charge in [-0.25, -0.2) is 4.79 Å². The maximum absolute atomic E-state index is 11.8. The fourth-order valence-corrected chi connectivity index (χ4v) is 9.54. The number of hydrogen-bond donors (Lipinski definition) is 1. The van der Waals surface area contributed by atoms with Crippen LogP contribution in [0.4, 0.5) is 0 Å². The van der Waals surface area contributed by atoms with Gasteiger partial charge in [0.15, 0.2) is 0 Å². The summed E-state index contributed by atoms with van der Waals surface area (Å²) in [5.74, 6) is 7.26. The Bertz CT molecular complexity index is 714. The molecule has 0 aliphatic heterocycles. The van der Waals surface area contributed by atoms with Crippen LogP contribution in [-0.4, -0.2) is 24.3 Å². The zero-order valence-corrected chi connectivity index (χ0v) is 25.7. The second-order valence-corrected chi connectivity index (χ2v) is 14.6. The van der Waals surface area contributed by atoms with Gasteiger partial charge in [-0.15, -0.1) is 0 Å². The van der Waals surface area contributed by atoms with Crippen molar-refractivity contribution in [2.75, 3.05) is 13.2 Å². The summed E-state index contributed by atoms with van der Waals surface area (Å²) in [7, 11) is 0. The first-order valence-electron chi connectivity index (χ1n) is 17.4. The minimum atomic E-state index is -0.326. The molecule has 0 aromatic rings. The first-order chi connectivity index (χ1) is 19.0. The molecule has 0 amide bonds. The molecule has 0 spiro atoms. The van der Waals surface area contributed by atoms with Gasteiger partial charge in [-0.2, -0.15) is 0 Å². The number of unbranched alkanes of at least 4 members (excludes halogenated alkanes) is 2. The lowest BCUT2D eigenvalue weighted by molar-refractivity contribution is -0.141. The van der Waals surface area contributed by atoms with Crippen molar-refractivity contribution in [3.8, 4) is 0 Å². The minimum absolute atomic E-state index is 0.0842. The van der Waals surface area contributed by atoms with Crippen molar-refractivity contribution < 1.29 is 14.6 Å². The molecule has 0 bridgehead atoms. The van der Waals surface area contributed by atoms with E-state index in [1.807, 2.05) is 0 Å². The molecule has 0 saturated heterocycles. The lowest BCUT2D eigenvalue weighted by atomic mass is 9.63. The molecule has 0 aromatic carbocycles. The van der Waals surface area contributed by atoms with Crippen molar-refractivity contribution in [2.24, 2.45) is 53.3 Å². The monoisotopic (exact) mass is 542 g/mol. The topological polar surface area (TPSA) is 46.5 Å². The molecule has 1 unspecified atom stereocenters. The number of rotatable bonds is 12. The van der Waals surface area contributed by atoms with Crippen LogP contribution in [0.2, 0.25) is 0 Å². The van der Waals surface area contributed by atoms with E-state index in [1.54, 1.807) is 6.92 Å². The Morgan fingerprint density at radius 3 is 1.51 bits per heavy atom. The minimum Gasteiger partial charge on any atom is -0.462 e. The molecule has 4 saturated carbocycles. The first kappa shape index (κ1) is 31.1. The SMILES string of the molecule is C=C(C)C(=O)OCC(CO)C1CCC(C2CCC(C3CCC(C4CCC(CCCCC)CC4)CC3)CC2)CC1. The van der Waals surface area contributed by atoms with Crippen molar-refractivity contribution in [1.82, 2.24) is 0 Å². The second kappa shape index (κ2) is 16.0. The van der Waals surface area contributed by atoms with Gasteiger partial charge >= 0.3 is 5.97 Å². The molecule has 4 fully saturated rings. The number of hydrogen-bond acceptors (Lipinski definition) is 3. The molecular formula is C36H62O3. The molecular weight excluding hydrogens is 480 g/mol. The molecule has 4 aliphatic carbocycles. The Kier molecular flexibility index (Phi) is 12.7. The van der Waals surface area contributed by atoms with Gasteiger partial charge in [-0.1, -0.05) is 52.0 Å². The highest BCUT2D eigenvalue weighted by Crippen LogP contribution is 2.48. The third kappa shape index (κ3) is 9.08. The van der Waals surface area contributed by atoms with Gasteiger partial charge in [0.05, 0.1) is 6.61 Å². The Hall–Kier alpha value is -0.830. The third-order valence-electron chi connectivity index (χ3n) is 12.2. The number of carbonyl (C=O) groups excluding carboxylic acids is 1. The van der Waals surface area contributed by atoms with Crippen molar-refractivity contribution in [3.63, 3.8) is 0 Å². The maximum atomic E-state index is 11.8. The molecule has 1 N–H and O–H groups in total. The van der Waals surface area contributed by atoms with E-state index in [1.165, 1.54) is 128 Å². The zero-order chi connectivity index (χ0) is 27.6. The maximum Gasteiger partial charge on any atom is 0.333 e. The van der Waals surface area contributed by atoms with E-state index in [4.69, 9.17) is 4.74 Å². The van der Waals surface area contributed by atoms with Crippen LogP contribution in [0.1, 0.15) is 142 Å². The van der Waals surface area contributed by atoms with E-state index in [2.05, 4.69) is 13.5 Å². The summed E-state index contributed by atoms with van der Waals surface area (Å²) in [5, 5.41) is 9.92. The summed E-state index contributed by atoms with van der Waals surface area (Å²) >= 11 is 0. The van der Waals surface area contributed by atoms with Crippen LogP contribution in [0.25, 0.3) is 0 Å². The highest BCUT2D eigenvalue weighted by molar-refractivity contribution is 5.86. The largest absolute Gasteiger partial charge is 0.462 e. The van der Waals surface area contributed by atoms with Crippen LogP contribution in [0.5, 0.6) is 0 Å². The average Bonchev–Trinajstić information content (AvgIpc) is 2.98. The molecule has 3 heteroatoms. The summed E-state index contributed by atoms with van der Waals surface area (Å²) in [4.78, 5) is 11.8. The van der Waals surface area contributed by atoms with E-state index < -0.39 is 0 Å². The number of carbonyl (C=O) groups is 1. The second-order valence-electron chi connectivity index (χ2n) is 14.6. The number of aliphatic hydroxyl groups is 1. The lowest BCUT2D eigenvalue weighted by Crippen LogP contribution is -2.33. The lowest BCUT2D eigenvalue weighted by Gasteiger charge is -2.43. The van der Waals surface area contributed by atoms with E-state index in [0.29, 0.717) is 18.1 Å². The van der Waals surface area contributed by atoms with Gasteiger partial charge in [0, 0.05) is 18.1 Å². The highest BCUT2D eigenvalue weighted by Gasteiger charge is 2.37. The predicted octanol–water partition coefficient (Wildman–Crippen LogP) is 9.52. The Morgan fingerprint density at radius 2 is 1.13 bits per heavy atom. The quantitative estimate of drug-likeness (QED) is 0.152. The van der Waals surface area contributed by atoms with Gasteiger partial charge in [0.2, 0.25) is 0 Å². The Morgan fingerprint density at radius 1 is 0.718 bits per heavy atom. The van der Waals surface area contributed by atoms with E-state index >= 15 is 0 Å². The number of aliphatic hydroxyl groups excluding tert-OH is 1. The normalized spacial score (nSPS) is 36.7. The smallest absolute Gasteiger partial charge is 0.333 e. The van der Waals surface area contributed by atoms with Crippen molar-refractivity contribution in [3.05, 3.63) is 12.2 Å². The molecule has 1 atom stereocenters. The summed E-state index contributed by atoms with van der Waals surface area (Å²) in [6.45, 7) is 8.13. The Labute approximate surface area is 241 Å². The van der Waals surface area contributed by atoms with E-state index in [-0.39, 0.29) is 18.5 Å². The van der Waals surface area contributed by atoms with Crippen LogP contribution in [-0.2, 0) is 9.53 Å². The van der Waals surface area contributed by atoms with Crippen LogP contribution in [0.3, 0.4) is 0 Å². The molecule has 39 heavy (non-hydrogen) atoms. The van der Waals surface area contributed by atoms with Crippen LogP contribution in [0, 0.1) is 53.3 Å². The summed E-state index contributed by atoms with van der Waals surface area (Å²) in [6, 6.07) is 0. The van der Waals surface area contributed by atoms with Gasteiger partial charge < -0.3 is 9.84 Å². The van der Waals surface area contributed by atoms with E-state index in [0.717, 1.165) is 41.4 Å². The summed E-state index contributed by atoms with van der Waals surface area (Å²) < 4.78 is 5.39. The molecule has 0 radical (unpaired) electrons. The summed E-state index contributed by atoms with van der Waals surface area (Å²) in [5.41, 5.74) is 0.439. The fourth-order valence-electron chi connectivity index (χ4n) is 9.54. The third-order valence-corrected chi connectivity index (χ3v) is 12.2. The van der Waals surface area contributed by atoms with Crippen LogP contribution in [0.15, 0.2) is 12.2 Å². The van der Waals surface area contributed by atoms with Gasteiger partial charge in [-0.05, 0) is 144 Å². The number of esters is 1. The van der Waals surface area contributed by atoms with Gasteiger partial charge in [0.1, 0.15) is 0 Å². The predicted molar refractivity (Wildman–Crippen MR) is 162 cm³/mol. The molecule has 4 aliphatic rings. The van der Waals surface area contributed by atoms with E-state index in [9.17, 15) is 9.90 Å². The van der Waals surface area contributed by atoms with Crippen molar-refractivity contribution in [1.29, 1.82) is 0 Å². The van der Waals surface area contributed by atoms with Crippen LogP contribution < -0.4 is 0 Å². The molecule has 0 heterocycles. The molecule has 4 rings (SSSR count). The number of ether oxygens (including phenoxy) is 1. The first-order valence-corrected chi connectivity index (χ1v) is 17.4. The van der Waals surface area contributed by atoms with Crippen LogP contribution >= 0.6 is 0 Å². The zero-order valence-electron chi connectivity index (χ0n) is 25.7. The standard InChI is InChI=1S/C36H62O3/c1-4-5-6-7-27-8-10-28(11-9-27)29-12-14-30(15-13-29)31-16-18-32(19-17-31)33-20-22-34(23-21-33)35(24-37)25-39-36(38)26(2)3/h27-35,37H,2,4-25H2,1,3H3. The summed E-state index contributed by atoms with van der Waals surface area (Å²) in [6.07, 6.45) is 28.9. The molecule has 3 nitrogen and oxygen atoms in total. The molecule has 224 valence electrons. The van der Waals surface area contributed by atoms with Crippen molar-refractivity contribution in [2.45, 2.75) is 142 Å². The van der Waals surface area contributed by atoms with Crippen molar-refractivity contribution >= 4 is 5.97 Å².